The van der Waals surface area contributed by atoms with Gasteiger partial charge in [-0.1, -0.05) is 37.3 Å². The fourth-order valence-electron chi connectivity index (χ4n) is 2.19. The van der Waals surface area contributed by atoms with Crippen LogP contribution in [0.5, 0.6) is 0 Å². The van der Waals surface area contributed by atoms with Crippen LogP contribution in [0.3, 0.4) is 0 Å². The Morgan fingerprint density at radius 3 is 2.65 bits per heavy atom. The van der Waals surface area contributed by atoms with Crippen LogP contribution in [-0.4, -0.2) is 23.2 Å². The number of anilines is 1. The molecule has 3 nitrogen and oxygen atoms in total. The zero-order valence-corrected chi connectivity index (χ0v) is 12.9. The van der Waals surface area contributed by atoms with Gasteiger partial charge in [0.1, 0.15) is 0 Å². The highest BCUT2D eigenvalue weighted by Gasteiger charge is 2.13. The summed E-state index contributed by atoms with van der Waals surface area (Å²) in [5.41, 5.74) is 1.92. The Bertz CT molecular complexity index is 512. The van der Waals surface area contributed by atoms with Gasteiger partial charge in [0.15, 0.2) is 5.13 Å². The van der Waals surface area contributed by atoms with Crippen LogP contribution in [0.15, 0.2) is 35.7 Å². The van der Waals surface area contributed by atoms with Crippen LogP contribution in [0, 0.1) is 0 Å². The molecule has 1 aromatic carbocycles. The van der Waals surface area contributed by atoms with Crippen LogP contribution in [0.1, 0.15) is 37.6 Å². The number of aliphatic hydroxyl groups excluding tert-OH is 1. The molecule has 108 valence electrons. The van der Waals surface area contributed by atoms with Crippen molar-refractivity contribution < 1.29 is 5.11 Å². The highest BCUT2D eigenvalue weighted by molar-refractivity contribution is 7.13. The Balaban J connectivity index is 2.02. The molecule has 1 aromatic heterocycles. The first kappa shape index (κ1) is 15.0. The lowest BCUT2D eigenvalue weighted by atomic mass is 10.1. The zero-order chi connectivity index (χ0) is 14.4. The molecule has 0 spiro atoms. The van der Waals surface area contributed by atoms with Gasteiger partial charge in [-0.25, -0.2) is 4.98 Å². The summed E-state index contributed by atoms with van der Waals surface area (Å²) in [7, 11) is 0. The predicted molar refractivity (Wildman–Crippen MR) is 85.4 cm³/mol. The van der Waals surface area contributed by atoms with Crippen LogP contribution < -0.4 is 4.90 Å². The van der Waals surface area contributed by atoms with Gasteiger partial charge in [0, 0.05) is 24.9 Å². The number of benzene rings is 1. The number of aromatic nitrogens is 1. The number of hydrogen-bond donors (Lipinski definition) is 1. The van der Waals surface area contributed by atoms with E-state index in [0.29, 0.717) is 6.42 Å². The molecule has 0 saturated carbocycles. The van der Waals surface area contributed by atoms with E-state index in [1.165, 1.54) is 0 Å². The second-order valence-corrected chi connectivity index (χ2v) is 5.67. The van der Waals surface area contributed by atoms with Gasteiger partial charge in [-0.05, 0) is 18.9 Å². The number of nitrogens with zero attached hydrogens (tertiary/aromatic N) is 2. The molecule has 1 unspecified atom stereocenters. The van der Waals surface area contributed by atoms with Crippen LogP contribution in [0.25, 0.3) is 0 Å². The molecule has 2 rings (SSSR count). The SMILES string of the molecule is CCCN(CC)c1nc(CC(O)c2ccccc2)cs1. The van der Waals surface area contributed by atoms with Crippen molar-refractivity contribution in [3.8, 4) is 0 Å². The average Bonchev–Trinajstić information content (AvgIpc) is 2.94. The number of rotatable bonds is 7. The van der Waals surface area contributed by atoms with Crippen molar-refractivity contribution in [3.05, 3.63) is 47.0 Å². The molecule has 0 aliphatic rings. The minimum absolute atomic E-state index is 0.479. The van der Waals surface area contributed by atoms with Gasteiger partial charge in [-0.2, -0.15) is 0 Å². The van der Waals surface area contributed by atoms with Crippen LogP contribution in [0.2, 0.25) is 0 Å². The van der Waals surface area contributed by atoms with E-state index >= 15 is 0 Å². The normalized spacial score (nSPS) is 12.3. The van der Waals surface area contributed by atoms with Crippen LogP contribution in [0.4, 0.5) is 5.13 Å². The topological polar surface area (TPSA) is 36.4 Å². The molecule has 0 fully saturated rings. The third kappa shape index (κ3) is 3.81. The summed E-state index contributed by atoms with van der Waals surface area (Å²) in [6.07, 6.45) is 1.21. The highest BCUT2D eigenvalue weighted by atomic mass is 32.1. The number of aliphatic hydroxyl groups is 1. The fourth-order valence-corrected chi connectivity index (χ4v) is 3.12. The van der Waals surface area contributed by atoms with Crippen molar-refractivity contribution in [3.63, 3.8) is 0 Å². The molecule has 1 atom stereocenters. The lowest BCUT2D eigenvalue weighted by Gasteiger charge is -2.18. The van der Waals surface area contributed by atoms with Crippen LogP contribution in [-0.2, 0) is 6.42 Å². The summed E-state index contributed by atoms with van der Waals surface area (Å²) >= 11 is 1.66. The van der Waals surface area contributed by atoms with E-state index in [1.807, 2.05) is 30.3 Å². The van der Waals surface area contributed by atoms with E-state index in [0.717, 1.165) is 35.9 Å². The monoisotopic (exact) mass is 290 g/mol. The third-order valence-corrected chi connectivity index (χ3v) is 4.22. The first-order chi connectivity index (χ1) is 9.74. The highest BCUT2D eigenvalue weighted by Crippen LogP contribution is 2.24. The molecule has 0 bridgehead atoms. The quantitative estimate of drug-likeness (QED) is 0.845. The summed E-state index contributed by atoms with van der Waals surface area (Å²) in [6, 6.07) is 9.76. The van der Waals surface area contributed by atoms with E-state index in [1.54, 1.807) is 11.3 Å². The van der Waals surface area contributed by atoms with Gasteiger partial charge in [-0.15, -0.1) is 11.3 Å². The van der Waals surface area contributed by atoms with E-state index in [-0.39, 0.29) is 0 Å². The van der Waals surface area contributed by atoms with Gasteiger partial charge >= 0.3 is 0 Å². The maximum atomic E-state index is 10.2. The van der Waals surface area contributed by atoms with Crippen molar-refractivity contribution in [2.45, 2.75) is 32.8 Å². The predicted octanol–water partition coefficient (Wildman–Crippen LogP) is 3.66. The van der Waals surface area contributed by atoms with Gasteiger partial charge in [0.2, 0.25) is 0 Å². The second-order valence-electron chi connectivity index (χ2n) is 4.83. The molecule has 0 amide bonds. The second kappa shape index (κ2) is 7.41. The molecule has 0 radical (unpaired) electrons. The van der Waals surface area contributed by atoms with Gasteiger partial charge in [0.25, 0.3) is 0 Å². The Morgan fingerprint density at radius 2 is 2.00 bits per heavy atom. The average molecular weight is 290 g/mol. The van der Waals surface area contributed by atoms with Crippen molar-refractivity contribution in [1.29, 1.82) is 0 Å². The molecule has 0 aliphatic heterocycles. The summed E-state index contributed by atoms with van der Waals surface area (Å²) < 4.78 is 0. The minimum atomic E-state index is -0.479. The number of thiazole rings is 1. The Morgan fingerprint density at radius 1 is 1.25 bits per heavy atom. The summed E-state index contributed by atoms with van der Waals surface area (Å²) in [6.45, 7) is 6.33. The lowest BCUT2D eigenvalue weighted by molar-refractivity contribution is 0.177. The molecule has 0 aliphatic carbocycles. The molecular weight excluding hydrogens is 268 g/mol. The first-order valence-corrected chi connectivity index (χ1v) is 8.05. The molecule has 1 heterocycles. The van der Waals surface area contributed by atoms with Gasteiger partial charge < -0.3 is 10.0 Å². The summed E-state index contributed by atoms with van der Waals surface area (Å²) in [5.74, 6) is 0. The molecule has 1 N–H and O–H groups in total. The Labute approximate surface area is 124 Å². The van der Waals surface area contributed by atoms with E-state index in [2.05, 4.69) is 29.1 Å². The Kier molecular flexibility index (Phi) is 5.56. The fraction of sp³-hybridized carbons (Fsp3) is 0.438. The van der Waals surface area contributed by atoms with Crippen LogP contribution >= 0.6 is 11.3 Å². The smallest absolute Gasteiger partial charge is 0.185 e. The molecule has 20 heavy (non-hydrogen) atoms. The molecule has 0 saturated heterocycles. The van der Waals surface area contributed by atoms with Crippen molar-refractivity contribution in [2.75, 3.05) is 18.0 Å². The van der Waals surface area contributed by atoms with E-state index < -0.39 is 6.10 Å². The maximum absolute atomic E-state index is 10.2. The van der Waals surface area contributed by atoms with Crippen molar-refractivity contribution in [2.24, 2.45) is 0 Å². The van der Waals surface area contributed by atoms with Gasteiger partial charge in [-0.3, -0.25) is 0 Å². The van der Waals surface area contributed by atoms with E-state index in [9.17, 15) is 5.11 Å². The first-order valence-electron chi connectivity index (χ1n) is 7.17. The number of hydrogen-bond acceptors (Lipinski definition) is 4. The Hall–Kier alpha value is -1.39. The standard InChI is InChI=1S/C16H22N2OS/c1-3-10-18(4-2)16-17-14(12-20-16)11-15(19)13-8-6-5-7-9-13/h5-9,12,15,19H,3-4,10-11H2,1-2H3. The van der Waals surface area contributed by atoms with Crippen molar-refractivity contribution in [1.82, 2.24) is 4.98 Å². The molecular formula is C16H22N2OS. The molecule has 4 heteroatoms. The van der Waals surface area contributed by atoms with Crippen molar-refractivity contribution >= 4 is 16.5 Å². The summed E-state index contributed by atoms with van der Waals surface area (Å²) in [5, 5.41) is 13.3. The minimum Gasteiger partial charge on any atom is -0.388 e. The maximum Gasteiger partial charge on any atom is 0.185 e. The molecule has 2 aromatic rings. The van der Waals surface area contributed by atoms with Gasteiger partial charge in [0.05, 0.1) is 11.8 Å². The van der Waals surface area contributed by atoms with E-state index in [4.69, 9.17) is 0 Å². The largest absolute Gasteiger partial charge is 0.388 e. The summed E-state index contributed by atoms with van der Waals surface area (Å²) in [4.78, 5) is 6.93. The zero-order valence-electron chi connectivity index (χ0n) is 12.1. The third-order valence-electron chi connectivity index (χ3n) is 3.27. The lowest BCUT2D eigenvalue weighted by Crippen LogP contribution is -2.23.